The summed E-state index contributed by atoms with van der Waals surface area (Å²) in [4.78, 5) is 22.2. The van der Waals surface area contributed by atoms with Crippen LogP contribution in [0.4, 0.5) is 4.39 Å². The lowest BCUT2D eigenvalue weighted by Gasteiger charge is -2.07. The van der Waals surface area contributed by atoms with Crippen molar-refractivity contribution in [3.8, 4) is 5.75 Å². The fraction of sp³-hybridized carbons (Fsp3) is 0.286. The second-order valence-corrected chi connectivity index (χ2v) is 6.13. The van der Waals surface area contributed by atoms with Crippen LogP contribution >= 0.6 is 23.4 Å². The van der Waals surface area contributed by atoms with Gasteiger partial charge >= 0.3 is 5.97 Å². The number of amides is 1. The van der Waals surface area contributed by atoms with Gasteiger partial charge in [-0.1, -0.05) is 23.4 Å². The van der Waals surface area contributed by atoms with E-state index < -0.39 is 22.9 Å². The molecule has 1 heterocycles. The number of hydrogen-bond donors (Lipinski definition) is 2. The number of nitrogens with zero attached hydrogens (tertiary/aromatic N) is 2. The summed E-state index contributed by atoms with van der Waals surface area (Å²) >= 11 is 6.81. The molecule has 1 saturated heterocycles. The van der Waals surface area contributed by atoms with Crippen LogP contribution in [0.25, 0.3) is 0 Å². The fourth-order valence-electron chi connectivity index (χ4n) is 1.80. The van der Waals surface area contributed by atoms with E-state index in [1.54, 1.807) is 6.92 Å². The molecule has 1 amide bonds. The van der Waals surface area contributed by atoms with Crippen LogP contribution in [0.3, 0.4) is 0 Å². The highest BCUT2D eigenvalue weighted by molar-refractivity contribution is 8.15. The highest BCUT2D eigenvalue weighted by Crippen LogP contribution is 2.29. The first-order valence-electron chi connectivity index (χ1n) is 6.83. The number of carbonyl (C=O) groups is 2. The Kier molecular flexibility index (Phi) is 6.16. The average molecular weight is 374 g/mol. The van der Waals surface area contributed by atoms with Crippen molar-refractivity contribution in [3.63, 3.8) is 0 Å². The summed E-state index contributed by atoms with van der Waals surface area (Å²) in [5, 5.41) is 17.8. The number of thioether (sulfide) groups is 1. The number of carboxylic acids is 1. The maximum atomic E-state index is 14.1. The Bertz CT molecular complexity index is 726. The summed E-state index contributed by atoms with van der Waals surface area (Å²) in [7, 11) is 0. The molecule has 1 unspecified atom stereocenters. The van der Waals surface area contributed by atoms with Crippen molar-refractivity contribution in [1.29, 1.82) is 0 Å². The van der Waals surface area contributed by atoms with Gasteiger partial charge in [0.2, 0.25) is 5.91 Å². The summed E-state index contributed by atoms with van der Waals surface area (Å²) in [5.74, 6) is -2.00. The number of carboxylic acid groups (broad SMARTS) is 1. The quantitative estimate of drug-likeness (QED) is 0.588. The van der Waals surface area contributed by atoms with E-state index in [9.17, 15) is 14.0 Å². The second kappa shape index (κ2) is 8.11. The summed E-state index contributed by atoms with van der Waals surface area (Å²) in [6.07, 6.45) is 0.823. The first-order chi connectivity index (χ1) is 11.4. The largest absolute Gasteiger partial charge is 0.492 e. The number of ether oxygens (including phenoxy) is 1. The fourth-order valence-corrected chi connectivity index (χ4v) is 2.94. The third kappa shape index (κ3) is 4.45. The number of aliphatic carboxylic acids is 1. The normalized spacial score (nSPS) is 19.0. The number of carbonyl (C=O) groups excluding carboxylic acids is 1. The number of halogens is 2. The van der Waals surface area contributed by atoms with Crippen molar-refractivity contribution < 1.29 is 23.8 Å². The van der Waals surface area contributed by atoms with Crippen LogP contribution < -0.4 is 10.1 Å². The summed E-state index contributed by atoms with van der Waals surface area (Å²) in [6.45, 7) is 2.11. The van der Waals surface area contributed by atoms with Crippen LogP contribution in [-0.4, -0.2) is 40.2 Å². The van der Waals surface area contributed by atoms with Crippen LogP contribution in [0.15, 0.2) is 22.3 Å². The Hall–Kier alpha value is -2.13. The first-order valence-corrected chi connectivity index (χ1v) is 8.09. The number of rotatable bonds is 6. The zero-order valence-electron chi connectivity index (χ0n) is 12.5. The molecule has 1 fully saturated rings. The first kappa shape index (κ1) is 18.2. The number of benzene rings is 1. The third-order valence-electron chi connectivity index (χ3n) is 2.86. The van der Waals surface area contributed by atoms with E-state index in [2.05, 4.69) is 15.5 Å². The molecule has 24 heavy (non-hydrogen) atoms. The van der Waals surface area contributed by atoms with Crippen LogP contribution in [0.2, 0.25) is 5.02 Å². The molecule has 0 aromatic heterocycles. The van der Waals surface area contributed by atoms with Gasteiger partial charge in [0, 0.05) is 5.56 Å². The van der Waals surface area contributed by atoms with Crippen molar-refractivity contribution in [3.05, 3.63) is 28.5 Å². The van der Waals surface area contributed by atoms with Gasteiger partial charge in [-0.3, -0.25) is 9.59 Å². The lowest BCUT2D eigenvalue weighted by Crippen LogP contribution is -2.26. The molecule has 0 bridgehead atoms. The van der Waals surface area contributed by atoms with Gasteiger partial charge in [0.1, 0.15) is 16.0 Å². The van der Waals surface area contributed by atoms with Crippen LogP contribution in [0, 0.1) is 5.82 Å². The van der Waals surface area contributed by atoms with Gasteiger partial charge < -0.3 is 15.2 Å². The smallest absolute Gasteiger partial charge is 0.305 e. The Morgan fingerprint density at radius 2 is 2.33 bits per heavy atom. The maximum Gasteiger partial charge on any atom is 0.305 e. The summed E-state index contributed by atoms with van der Waals surface area (Å²) in [6, 6.07) is 2.95. The van der Waals surface area contributed by atoms with E-state index in [1.807, 2.05) is 0 Å². The van der Waals surface area contributed by atoms with Crippen molar-refractivity contribution in [2.24, 2.45) is 10.2 Å². The van der Waals surface area contributed by atoms with Gasteiger partial charge in [0.05, 0.1) is 19.2 Å². The predicted molar refractivity (Wildman–Crippen MR) is 89.4 cm³/mol. The van der Waals surface area contributed by atoms with Crippen LogP contribution in [0.5, 0.6) is 5.75 Å². The topological polar surface area (TPSA) is 100 Å². The van der Waals surface area contributed by atoms with E-state index in [4.69, 9.17) is 21.4 Å². The molecule has 10 heteroatoms. The van der Waals surface area contributed by atoms with Gasteiger partial charge in [-0.15, -0.1) is 5.10 Å². The molecule has 128 valence electrons. The molecular formula is C14H13ClFN3O4S. The Balaban J connectivity index is 2.08. The maximum absolute atomic E-state index is 14.1. The highest BCUT2D eigenvalue weighted by Gasteiger charge is 2.32. The van der Waals surface area contributed by atoms with Crippen molar-refractivity contribution >= 4 is 46.6 Å². The lowest BCUT2D eigenvalue weighted by atomic mass is 10.2. The monoisotopic (exact) mass is 373 g/mol. The predicted octanol–water partition coefficient (Wildman–Crippen LogP) is 2.27. The molecule has 0 spiro atoms. The van der Waals surface area contributed by atoms with E-state index >= 15 is 0 Å². The Morgan fingerprint density at radius 3 is 3.00 bits per heavy atom. The zero-order valence-corrected chi connectivity index (χ0v) is 14.0. The molecule has 2 rings (SSSR count). The molecule has 1 atom stereocenters. The minimum atomic E-state index is -1.08. The van der Waals surface area contributed by atoms with Crippen molar-refractivity contribution in [2.45, 2.75) is 18.6 Å². The standard InChI is InChI=1S/C14H13ClFN3O4S/c1-2-23-8-4-3-7(12(16)11(8)15)6-17-19-14-18-13(22)9(24-14)5-10(20)21/h3-4,6,9H,2,5H2,1H3,(H,20,21)(H,18,19,22). The molecule has 1 aromatic carbocycles. The van der Waals surface area contributed by atoms with E-state index in [0.29, 0.717) is 6.61 Å². The van der Waals surface area contributed by atoms with Crippen molar-refractivity contribution in [2.75, 3.05) is 6.61 Å². The van der Waals surface area contributed by atoms with Gasteiger partial charge in [-0.25, -0.2) is 4.39 Å². The van der Waals surface area contributed by atoms with Gasteiger partial charge in [-0.2, -0.15) is 5.10 Å². The van der Waals surface area contributed by atoms with E-state index in [0.717, 1.165) is 18.0 Å². The molecule has 7 nitrogen and oxygen atoms in total. The lowest BCUT2D eigenvalue weighted by molar-refractivity contribution is -0.138. The Morgan fingerprint density at radius 1 is 1.58 bits per heavy atom. The van der Waals surface area contributed by atoms with E-state index in [-0.39, 0.29) is 27.9 Å². The average Bonchev–Trinajstić information content (AvgIpc) is 2.86. The zero-order chi connectivity index (χ0) is 17.7. The summed E-state index contributed by atoms with van der Waals surface area (Å²) < 4.78 is 19.2. The van der Waals surface area contributed by atoms with Gasteiger partial charge in [0.25, 0.3) is 0 Å². The molecule has 0 saturated carbocycles. The SMILES string of the molecule is CCOc1ccc(C=NN=C2NC(=O)C(CC(=O)O)S2)c(F)c1Cl. The minimum absolute atomic E-state index is 0.101. The third-order valence-corrected chi connectivity index (χ3v) is 4.28. The molecule has 1 aliphatic rings. The molecular weight excluding hydrogens is 361 g/mol. The van der Waals surface area contributed by atoms with Gasteiger partial charge in [0.15, 0.2) is 11.0 Å². The van der Waals surface area contributed by atoms with Crippen molar-refractivity contribution in [1.82, 2.24) is 5.32 Å². The van der Waals surface area contributed by atoms with Crippen LogP contribution in [0.1, 0.15) is 18.9 Å². The molecule has 2 N–H and O–H groups in total. The second-order valence-electron chi connectivity index (χ2n) is 4.56. The molecule has 1 aliphatic heterocycles. The Labute approximate surface area is 145 Å². The number of amidine groups is 1. The van der Waals surface area contributed by atoms with Crippen LogP contribution in [-0.2, 0) is 9.59 Å². The highest BCUT2D eigenvalue weighted by atomic mass is 35.5. The number of nitrogens with one attached hydrogen (secondary N) is 1. The molecule has 0 aliphatic carbocycles. The number of hydrogen-bond acceptors (Lipinski definition) is 6. The minimum Gasteiger partial charge on any atom is -0.492 e. The van der Waals surface area contributed by atoms with Gasteiger partial charge in [-0.05, 0) is 19.1 Å². The molecule has 0 radical (unpaired) electrons. The molecule has 1 aromatic rings. The summed E-state index contributed by atoms with van der Waals surface area (Å²) in [5.41, 5.74) is 0.101. The van der Waals surface area contributed by atoms with E-state index in [1.165, 1.54) is 12.1 Å².